The van der Waals surface area contributed by atoms with Crippen molar-refractivity contribution in [3.63, 3.8) is 0 Å². The number of amides is 2. The van der Waals surface area contributed by atoms with E-state index in [0.29, 0.717) is 18.4 Å². The average Bonchev–Trinajstić information content (AvgIpc) is 3.04. The molecule has 0 saturated carbocycles. The van der Waals surface area contributed by atoms with Gasteiger partial charge in [0.15, 0.2) is 0 Å². The summed E-state index contributed by atoms with van der Waals surface area (Å²) in [6.45, 7) is 1.93. The summed E-state index contributed by atoms with van der Waals surface area (Å²) in [6.07, 6.45) is 1.74. The Morgan fingerprint density at radius 1 is 1.16 bits per heavy atom. The Morgan fingerprint density at radius 3 is 2.62 bits per heavy atom. The summed E-state index contributed by atoms with van der Waals surface area (Å²) >= 11 is 0. The number of non-ortho nitro benzene ring substituents is 1. The maximum absolute atomic E-state index is 12.7. The molecule has 2 aromatic carbocycles. The van der Waals surface area contributed by atoms with E-state index in [9.17, 15) is 28.1 Å². The molecule has 0 fully saturated rings. The highest BCUT2D eigenvalue weighted by molar-refractivity contribution is 7.90. The molecule has 1 unspecified atom stereocenters. The van der Waals surface area contributed by atoms with Crippen molar-refractivity contribution < 1.29 is 22.9 Å². The summed E-state index contributed by atoms with van der Waals surface area (Å²) in [6, 6.07) is 10.4. The first-order chi connectivity index (χ1) is 15.2. The number of amidine groups is 1. The molecule has 11 nitrogen and oxygen atoms in total. The van der Waals surface area contributed by atoms with Crippen LogP contribution in [0.25, 0.3) is 0 Å². The number of hydrazine groups is 1. The number of unbranched alkanes of at least 4 members (excludes halogenated alkanes) is 1. The Balaban J connectivity index is 1.76. The molecule has 0 saturated heterocycles. The molecule has 2 amide bonds. The predicted octanol–water partition coefficient (Wildman–Crippen LogP) is 1.65. The fourth-order valence-corrected chi connectivity index (χ4v) is 4.31. The van der Waals surface area contributed by atoms with E-state index in [1.807, 2.05) is 6.92 Å². The van der Waals surface area contributed by atoms with E-state index >= 15 is 0 Å². The lowest BCUT2D eigenvalue weighted by Gasteiger charge is -2.14. The summed E-state index contributed by atoms with van der Waals surface area (Å²) in [5, 5.41) is 10.9. The lowest BCUT2D eigenvalue weighted by atomic mass is 10.1. The molecule has 0 aliphatic carbocycles. The molecule has 32 heavy (non-hydrogen) atoms. The van der Waals surface area contributed by atoms with Gasteiger partial charge in [0.25, 0.3) is 27.5 Å². The van der Waals surface area contributed by atoms with Gasteiger partial charge in [-0.2, -0.15) is 0 Å². The fourth-order valence-electron chi connectivity index (χ4n) is 3.07. The highest BCUT2D eigenvalue weighted by Crippen LogP contribution is 2.23. The van der Waals surface area contributed by atoms with Gasteiger partial charge in [0, 0.05) is 23.3 Å². The van der Waals surface area contributed by atoms with Gasteiger partial charge in [-0.15, -0.1) is 0 Å². The van der Waals surface area contributed by atoms with Crippen LogP contribution in [0.15, 0.2) is 58.4 Å². The van der Waals surface area contributed by atoms with Gasteiger partial charge in [0.2, 0.25) is 0 Å². The van der Waals surface area contributed by atoms with E-state index in [0.717, 1.165) is 12.5 Å². The molecule has 3 rings (SSSR count). The minimum Gasteiger partial charge on any atom is -0.271 e. The zero-order chi connectivity index (χ0) is 23.3. The Bertz CT molecular complexity index is 1190. The van der Waals surface area contributed by atoms with Gasteiger partial charge in [-0.3, -0.25) is 40.3 Å². The molecular formula is C20H21N5O6S. The van der Waals surface area contributed by atoms with Crippen LogP contribution in [-0.2, 0) is 14.8 Å². The van der Waals surface area contributed by atoms with Crippen LogP contribution in [0.5, 0.6) is 0 Å². The predicted molar refractivity (Wildman–Crippen MR) is 115 cm³/mol. The van der Waals surface area contributed by atoms with Crippen LogP contribution in [0, 0.1) is 10.1 Å². The number of carbonyl (C=O) groups excluding carboxylic acids is 2. The van der Waals surface area contributed by atoms with Crippen molar-refractivity contribution in [1.82, 2.24) is 15.6 Å². The number of sulfonamides is 1. The average molecular weight is 459 g/mol. The maximum Gasteiger partial charge on any atom is 0.270 e. The van der Waals surface area contributed by atoms with E-state index in [-0.39, 0.29) is 22.0 Å². The number of hydrogen-bond donors (Lipinski definition) is 3. The summed E-state index contributed by atoms with van der Waals surface area (Å²) in [4.78, 5) is 39.6. The molecule has 2 aromatic rings. The van der Waals surface area contributed by atoms with Crippen LogP contribution in [-0.4, -0.2) is 37.0 Å². The molecule has 0 bridgehead atoms. The molecule has 1 aliphatic heterocycles. The smallest absolute Gasteiger partial charge is 0.270 e. The standard InChI is InChI=1S/C20H21N5O6S/c1-2-3-10-16(21-18-15-9-4-5-11-17(15)32(30,31)24-18)20(27)23-22-19(26)13-7-6-8-14(12-13)25(28)29/h4-9,11-12,16H,2-3,10H2,1H3,(H,21,24)(H,22,26)(H,23,27). The molecule has 0 aromatic heterocycles. The van der Waals surface area contributed by atoms with Crippen molar-refractivity contribution in [3.05, 3.63) is 69.8 Å². The highest BCUT2D eigenvalue weighted by atomic mass is 32.2. The molecule has 1 atom stereocenters. The maximum atomic E-state index is 12.7. The minimum absolute atomic E-state index is 0.00611. The molecule has 0 radical (unpaired) electrons. The van der Waals surface area contributed by atoms with E-state index in [1.54, 1.807) is 18.2 Å². The third kappa shape index (κ3) is 5.09. The van der Waals surface area contributed by atoms with E-state index in [1.165, 1.54) is 24.3 Å². The van der Waals surface area contributed by atoms with Gasteiger partial charge in [-0.1, -0.05) is 38.0 Å². The van der Waals surface area contributed by atoms with Gasteiger partial charge >= 0.3 is 0 Å². The minimum atomic E-state index is -3.76. The van der Waals surface area contributed by atoms with Crippen molar-refractivity contribution in [2.45, 2.75) is 37.1 Å². The number of rotatable bonds is 7. The normalized spacial score (nSPS) is 16.0. The first-order valence-corrected chi connectivity index (χ1v) is 11.3. The molecule has 168 valence electrons. The van der Waals surface area contributed by atoms with Gasteiger partial charge in [0.1, 0.15) is 11.9 Å². The monoisotopic (exact) mass is 459 g/mol. The fraction of sp³-hybridized carbons (Fsp3) is 0.250. The van der Waals surface area contributed by atoms with Crippen molar-refractivity contribution in [2.24, 2.45) is 4.99 Å². The molecule has 1 aliphatic rings. The molecule has 12 heteroatoms. The quantitative estimate of drug-likeness (QED) is 0.422. The Morgan fingerprint density at radius 2 is 1.91 bits per heavy atom. The van der Waals surface area contributed by atoms with Crippen LogP contribution in [0.1, 0.15) is 42.1 Å². The number of fused-ring (bicyclic) bond motifs is 1. The van der Waals surface area contributed by atoms with Gasteiger partial charge < -0.3 is 0 Å². The van der Waals surface area contributed by atoms with E-state index in [2.05, 4.69) is 20.6 Å². The van der Waals surface area contributed by atoms with Gasteiger partial charge in [0.05, 0.1) is 9.82 Å². The van der Waals surface area contributed by atoms with Crippen LogP contribution in [0.2, 0.25) is 0 Å². The number of carbonyl (C=O) groups is 2. The Labute approximate surface area is 184 Å². The number of nitro groups is 1. The summed E-state index contributed by atoms with van der Waals surface area (Å²) < 4.78 is 26.9. The first-order valence-electron chi connectivity index (χ1n) is 9.77. The Kier molecular flexibility index (Phi) is 6.83. The second-order valence-electron chi connectivity index (χ2n) is 6.99. The number of aliphatic imine (C=N–C) groups is 1. The van der Waals surface area contributed by atoms with Crippen molar-refractivity contribution in [3.8, 4) is 0 Å². The number of nitrogens with one attached hydrogen (secondary N) is 3. The third-order valence-corrected chi connectivity index (χ3v) is 6.10. The highest BCUT2D eigenvalue weighted by Gasteiger charge is 2.31. The zero-order valence-corrected chi connectivity index (χ0v) is 17.9. The SMILES string of the molecule is CCCCC(N=C1NS(=O)(=O)c2ccccc21)C(=O)NNC(=O)c1cccc([N+](=O)[O-])c1. The van der Waals surface area contributed by atoms with Gasteiger partial charge in [-0.05, 0) is 24.6 Å². The van der Waals surface area contributed by atoms with E-state index in [4.69, 9.17) is 0 Å². The molecule has 1 heterocycles. The lowest BCUT2D eigenvalue weighted by Crippen LogP contribution is -2.46. The number of hydrogen-bond acceptors (Lipinski definition) is 7. The summed E-state index contributed by atoms with van der Waals surface area (Å²) in [5.74, 6) is -1.33. The summed E-state index contributed by atoms with van der Waals surface area (Å²) in [7, 11) is -3.76. The second kappa shape index (κ2) is 9.56. The topological polar surface area (TPSA) is 160 Å². The first kappa shape index (κ1) is 22.9. The van der Waals surface area contributed by atoms with Gasteiger partial charge in [-0.25, -0.2) is 8.42 Å². The molecular weight excluding hydrogens is 438 g/mol. The van der Waals surface area contributed by atoms with Crippen molar-refractivity contribution in [1.29, 1.82) is 0 Å². The molecule has 0 spiro atoms. The Hall–Kier alpha value is -3.80. The van der Waals surface area contributed by atoms with Crippen molar-refractivity contribution in [2.75, 3.05) is 0 Å². The zero-order valence-electron chi connectivity index (χ0n) is 17.1. The molecule has 3 N–H and O–H groups in total. The third-order valence-electron chi connectivity index (χ3n) is 4.70. The van der Waals surface area contributed by atoms with Crippen LogP contribution in [0.4, 0.5) is 5.69 Å². The van der Waals surface area contributed by atoms with E-state index < -0.39 is 32.8 Å². The number of nitrogens with zero attached hydrogens (tertiary/aromatic N) is 2. The second-order valence-corrected chi connectivity index (χ2v) is 8.64. The largest absolute Gasteiger partial charge is 0.271 e. The lowest BCUT2D eigenvalue weighted by molar-refractivity contribution is -0.384. The number of nitro benzene ring substituents is 1. The summed E-state index contributed by atoms with van der Waals surface area (Å²) in [5.41, 5.74) is 4.57. The van der Waals surface area contributed by atoms with Crippen molar-refractivity contribution >= 4 is 33.4 Å². The van der Waals surface area contributed by atoms with Crippen LogP contribution < -0.4 is 15.6 Å². The number of benzene rings is 2. The van der Waals surface area contributed by atoms with Crippen LogP contribution >= 0.6 is 0 Å². The van der Waals surface area contributed by atoms with Crippen LogP contribution in [0.3, 0.4) is 0 Å².